The highest BCUT2D eigenvalue weighted by Gasteiger charge is 2.32. The molecule has 1 aliphatic rings. The van der Waals surface area contributed by atoms with Gasteiger partial charge in [0, 0.05) is 18.5 Å². The third kappa shape index (κ3) is 4.16. The number of likely N-dealkylation sites (tertiary alicyclic amines) is 1. The number of ether oxygens (including phenoxy) is 2. The van der Waals surface area contributed by atoms with E-state index in [9.17, 15) is 14.4 Å². The average molecular weight is 387 g/mol. The molecule has 0 bridgehead atoms. The molecule has 28 heavy (non-hydrogen) atoms. The highest BCUT2D eigenvalue weighted by molar-refractivity contribution is 5.86. The van der Waals surface area contributed by atoms with Gasteiger partial charge < -0.3 is 14.4 Å². The van der Waals surface area contributed by atoms with E-state index in [4.69, 9.17) is 9.47 Å². The predicted octanol–water partition coefficient (Wildman–Crippen LogP) is 2.29. The summed E-state index contributed by atoms with van der Waals surface area (Å²) in [5, 5.41) is 5.59. The largest absolute Gasteiger partial charge is 0.469 e. The SMILES string of the molecule is COC(=O)Cc1nn(C2CCN(C(=O)OC(C)(C)C)C2)c(=O)c2ccccc12. The Kier molecular flexibility index (Phi) is 5.40. The van der Waals surface area contributed by atoms with E-state index in [-0.39, 0.29) is 18.0 Å². The van der Waals surface area contributed by atoms with Crippen LogP contribution in [0.5, 0.6) is 0 Å². The zero-order valence-corrected chi connectivity index (χ0v) is 16.6. The Morgan fingerprint density at radius 1 is 1.21 bits per heavy atom. The highest BCUT2D eigenvalue weighted by Crippen LogP contribution is 2.23. The quantitative estimate of drug-likeness (QED) is 0.751. The number of methoxy groups -OCH3 is 1. The normalized spacial score (nSPS) is 17.0. The minimum atomic E-state index is -0.582. The zero-order valence-electron chi connectivity index (χ0n) is 16.6. The van der Waals surface area contributed by atoms with Gasteiger partial charge in [0.15, 0.2) is 0 Å². The van der Waals surface area contributed by atoms with Crippen LogP contribution in [0.4, 0.5) is 4.79 Å². The van der Waals surface area contributed by atoms with Crippen LogP contribution in [0.1, 0.15) is 38.9 Å². The Bertz CT molecular complexity index is 960. The van der Waals surface area contributed by atoms with Gasteiger partial charge in [0.2, 0.25) is 0 Å². The number of amides is 1. The summed E-state index contributed by atoms with van der Waals surface area (Å²) in [6, 6.07) is 6.79. The molecule has 2 aromatic rings. The van der Waals surface area contributed by atoms with Crippen molar-refractivity contribution in [3.63, 3.8) is 0 Å². The van der Waals surface area contributed by atoms with E-state index in [0.717, 1.165) is 0 Å². The van der Waals surface area contributed by atoms with E-state index in [2.05, 4.69) is 5.10 Å². The molecule has 1 fully saturated rings. The molecule has 1 aromatic carbocycles. The Balaban J connectivity index is 1.93. The molecule has 150 valence electrons. The van der Waals surface area contributed by atoms with Crippen LogP contribution in [0, 0.1) is 0 Å². The van der Waals surface area contributed by atoms with E-state index >= 15 is 0 Å². The molecular weight excluding hydrogens is 362 g/mol. The van der Waals surface area contributed by atoms with E-state index in [1.807, 2.05) is 20.8 Å². The van der Waals surface area contributed by atoms with Gasteiger partial charge in [-0.2, -0.15) is 5.10 Å². The molecule has 8 heteroatoms. The molecule has 0 radical (unpaired) electrons. The van der Waals surface area contributed by atoms with Gasteiger partial charge >= 0.3 is 12.1 Å². The van der Waals surface area contributed by atoms with E-state index in [0.29, 0.717) is 36.0 Å². The van der Waals surface area contributed by atoms with Crippen molar-refractivity contribution < 1.29 is 19.1 Å². The van der Waals surface area contributed by atoms with Gasteiger partial charge in [-0.1, -0.05) is 18.2 Å². The zero-order chi connectivity index (χ0) is 20.5. The molecule has 0 saturated carbocycles. The third-order valence-electron chi connectivity index (χ3n) is 4.61. The fraction of sp³-hybridized carbons (Fsp3) is 0.500. The minimum absolute atomic E-state index is 0.0280. The van der Waals surface area contributed by atoms with Crippen molar-refractivity contribution in [2.75, 3.05) is 20.2 Å². The van der Waals surface area contributed by atoms with Crippen LogP contribution in [-0.4, -0.2) is 52.5 Å². The second kappa shape index (κ2) is 7.61. The summed E-state index contributed by atoms with van der Waals surface area (Å²) in [5.74, 6) is -0.426. The molecule has 1 aromatic heterocycles. The number of hydrogen-bond donors (Lipinski definition) is 0. The fourth-order valence-electron chi connectivity index (χ4n) is 3.29. The molecule has 1 aliphatic heterocycles. The summed E-state index contributed by atoms with van der Waals surface area (Å²) in [6.07, 6.45) is 0.153. The molecule has 8 nitrogen and oxygen atoms in total. The van der Waals surface area contributed by atoms with E-state index in [1.54, 1.807) is 29.2 Å². The summed E-state index contributed by atoms with van der Waals surface area (Å²) in [5.41, 5.74) is -0.334. The number of esters is 1. The first-order valence-electron chi connectivity index (χ1n) is 9.25. The van der Waals surface area contributed by atoms with Crippen molar-refractivity contribution in [2.45, 2.75) is 45.3 Å². The van der Waals surface area contributed by atoms with Gasteiger partial charge in [-0.15, -0.1) is 0 Å². The maximum absolute atomic E-state index is 13.0. The second-order valence-corrected chi connectivity index (χ2v) is 7.86. The van der Waals surface area contributed by atoms with Gasteiger partial charge in [0.05, 0.1) is 30.7 Å². The lowest BCUT2D eigenvalue weighted by atomic mass is 10.1. The van der Waals surface area contributed by atoms with Gasteiger partial charge in [-0.05, 0) is 33.3 Å². The van der Waals surface area contributed by atoms with Crippen LogP contribution in [0.25, 0.3) is 10.8 Å². The summed E-state index contributed by atoms with van der Waals surface area (Å²) >= 11 is 0. The maximum Gasteiger partial charge on any atom is 0.410 e. The lowest BCUT2D eigenvalue weighted by Gasteiger charge is -2.24. The predicted molar refractivity (Wildman–Crippen MR) is 103 cm³/mol. The molecule has 0 spiro atoms. The summed E-state index contributed by atoms with van der Waals surface area (Å²) in [4.78, 5) is 38.7. The Morgan fingerprint density at radius 2 is 1.89 bits per heavy atom. The smallest absolute Gasteiger partial charge is 0.410 e. The molecule has 1 amide bonds. The number of aromatic nitrogens is 2. The summed E-state index contributed by atoms with van der Waals surface area (Å²) < 4.78 is 11.6. The topological polar surface area (TPSA) is 90.7 Å². The van der Waals surface area contributed by atoms with Crippen molar-refractivity contribution in [3.8, 4) is 0 Å². The van der Waals surface area contributed by atoms with Crippen LogP contribution in [0.15, 0.2) is 29.1 Å². The molecule has 1 unspecified atom stereocenters. The number of fused-ring (bicyclic) bond motifs is 1. The van der Waals surface area contributed by atoms with Crippen LogP contribution in [0.2, 0.25) is 0 Å². The minimum Gasteiger partial charge on any atom is -0.469 e. The Hall–Kier alpha value is -2.90. The molecule has 2 heterocycles. The number of carbonyl (C=O) groups is 2. The van der Waals surface area contributed by atoms with E-state index in [1.165, 1.54) is 11.8 Å². The molecule has 0 aliphatic carbocycles. The first-order chi connectivity index (χ1) is 13.2. The van der Waals surface area contributed by atoms with Gasteiger partial charge in [0.25, 0.3) is 5.56 Å². The molecule has 0 N–H and O–H groups in total. The van der Waals surface area contributed by atoms with Crippen molar-refractivity contribution in [1.29, 1.82) is 0 Å². The third-order valence-corrected chi connectivity index (χ3v) is 4.61. The van der Waals surface area contributed by atoms with Crippen LogP contribution in [-0.2, 0) is 20.7 Å². The Labute approximate surface area is 163 Å². The fourth-order valence-corrected chi connectivity index (χ4v) is 3.29. The standard InChI is InChI=1S/C20H25N3O5/c1-20(2,3)28-19(26)22-10-9-13(12-22)23-18(25)15-8-6-5-7-14(15)16(21-23)11-17(24)27-4/h5-8,13H,9-12H2,1-4H3. The van der Waals surface area contributed by atoms with Crippen molar-refractivity contribution in [3.05, 3.63) is 40.3 Å². The first kappa shape index (κ1) is 19.9. The highest BCUT2D eigenvalue weighted by atomic mass is 16.6. The van der Waals surface area contributed by atoms with Crippen LogP contribution >= 0.6 is 0 Å². The average Bonchev–Trinajstić information content (AvgIpc) is 3.12. The number of benzene rings is 1. The van der Waals surface area contributed by atoms with Gasteiger partial charge in [0.1, 0.15) is 5.60 Å². The summed E-state index contributed by atoms with van der Waals surface area (Å²) in [7, 11) is 1.32. The number of hydrogen-bond acceptors (Lipinski definition) is 6. The number of nitrogens with zero attached hydrogens (tertiary/aromatic N) is 3. The van der Waals surface area contributed by atoms with Crippen molar-refractivity contribution in [2.24, 2.45) is 0 Å². The van der Waals surface area contributed by atoms with Crippen LogP contribution < -0.4 is 5.56 Å². The van der Waals surface area contributed by atoms with Crippen molar-refractivity contribution in [1.82, 2.24) is 14.7 Å². The van der Waals surface area contributed by atoms with Gasteiger partial charge in [-0.3, -0.25) is 9.59 Å². The monoisotopic (exact) mass is 387 g/mol. The van der Waals surface area contributed by atoms with Crippen LogP contribution in [0.3, 0.4) is 0 Å². The lowest BCUT2D eigenvalue weighted by Crippen LogP contribution is -2.36. The lowest BCUT2D eigenvalue weighted by molar-refractivity contribution is -0.139. The summed E-state index contributed by atoms with van der Waals surface area (Å²) in [6.45, 7) is 6.25. The Morgan fingerprint density at radius 3 is 2.54 bits per heavy atom. The second-order valence-electron chi connectivity index (χ2n) is 7.86. The molecule has 1 atom stereocenters. The molecule has 3 rings (SSSR count). The van der Waals surface area contributed by atoms with Crippen molar-refractivity contribution >= 4 is 22.8 Å². The first-order valence-corrected chi connectivity index (χ1v) is 9.25. The molecular formula is C20H25N3O5. The maximum atomic E-state index is 13.0. The van der Waals surface area contributed by atoms with E-state index < -0.39 is 17.7 Å². The number of rotatable bonds is 3. The number of carbonyl (C=O) groups excluding carboxylic acids is 2. The molecule has 1 saturated heterocycles. The van der Waals surface area contributed by atoms with Gasteiger partial charge in [-0.25, -0.2) is 9.48 Å².